The van der Waals surface area contributed by atoms with Gasteiger partial charge in [0.15, 0.2) is 0 Å². The zero-order valence-electron chi connectivity index (χ0n) is 14.6. The minimum atomic E-state index is -3.91. The summed E-state index contributed by atoms with van der Waals surface area (Å²) < 4.78 is 27.6. The smallest absolute Gasteiger partial charge is 0.293 e. The molecule has 0 aliphatic carbocycles. The van der Waals surface area contributed by atoms with Gasteiger partial charge in [-0.25, -0.2) is 8.42 Å². The summed E-state index contributed by atoms with van der Waals surface area (Å²) >= 11 is 0. The number of hydrogen-bond donors (Lipinski definition) is 1. The third-order valence-corrected chi connectivity index (χ3v) is 6.31. The van der Waals surface area contributed by atoms with Crippen LogP contribution in [0.3, 0.4) is 0 Å². The Balaban J connectivity index is 1.97. The van der Waals surface area contributed by atoms with Crippen molar-refractivity contribution in [3.63, 3.8) is 0 Å². The average Bonchev–Trinajstić information content (AvgIpc) is 2.94. The highest BCUT2D eigenvalue weighted by Crippen LogP contribution is 2.37. The van der Waals surface area contributed by atoms with Gasteiger partial charge in [0.2, 0.25) is 0 Å². The highest BCUT2D eigenvalue weighted by atomic mass is 32.2. The Labute approximate surface area is 152 Å². The number of nitro benzene ring substituents is 1. The summed E-state index contributed by atoms with van der Waals surface area (Å²) in [5, 5.41) is 11.6. The third-order valence-electron chi connectivity index (χ3n) is 4.93. The van der Waals surface area contributed by atoms with Crippen molar-refractivity contribution in [2.24, 2.45) is 5.92 Å². The van der Waals surface area contributed by atoms with Crippen LogP contribution in [-0.2, 0) is 10.0 Å². The van der Waals surface area contributed by atoms with Crippen molar-refractivity contribution in [2.75, 3.05) is 16.2 Å². The maximum absolute atomic E-state index is 12.6. The van der Waals surface area contributed by atoms with Crippen molar-refractivity contribution in [1.82, 2.24) is 0 Å². The van der Waals surface area contributed by atoms with E-state index in [9.17, 15) is 18.5 Å². The van der Waals surface area contributed by atoms with Crippen LogP contribution in [-0.4, -0.2) is 25.9 Å². The van der Waals surface area contributed by atoms with Gasteiger partial charge in [0.25, 0.3) is 15.7 Å². The highest BCUT2D eigenvalue weighted by molar-refractivity contribution is 7.92. The van der Waals surface area contributed by atoms with Gasteiger partial charge in [0.05, 0.1) is 9.82 Å². The Morgan fingerprint density at radius 3 is 2.42 bits per heavy atom. The summed E-state index contributed by atoms with van der Waals surface area (Å²) in [7, 11) is -3.91. The van der Waals surface area contributed by atoms with Crippen molar-refractivity contribution >= 4 is 27.1 Å². The van der Waals surface area contributed by atoms with Gasteiger partial charge in [0.1, 0.15) is 5.69 Å². The third kappa shape index (κ3) is 3.50. The quantitative estimate of drug-likeness (QED) is 0.636. The Morgan fingerprint density at radius 1 is 1.15 bits per heavy atom. The van der Waals surface area contributed by atoms with E-state index in [-0.39, 0.29) is 16.6 Å². The number of nitro groups is 1. The van der Waals surface area contributed by atoms with Gasteiger partial charge in [-0.05, 0) is 43.5 Å². The molecule has 138 valence electrons. The topological polar surface area (TPSA) is 92.6 Å². The maximum atomic E-state index is 12.6. The first kappa shape index (κ1) is 18.2. The molecular formula is C18H21N3O4S. The number of nitrogens with one attached hydrogen (secondary N) is 1. The van der Waals surface area contributed by atoms with Crippen molar-refractivity contribution in [1.29, 1.82) is 0 Å². The van der Waals surface area contributed by atoms with Crippen LogP contribution in [0.5, 0.6) is 0 Å². The molecule has 0 saturated carbocycles. The van der Waals surface area contributed by atoms with Gasteiger partial charge in [0, 0.05) is 24.3 Å². The molecule has 0 spiro atoms. The van der Waals surface area contributed by atoms with E-state index in [1.807, 2.05) is 11.8 Å². The molecule has 0 radical (unpaired) electrons. The Bertz CT molecular complexity index is 915. The second-order valence-corrected chi connectivity index (χ2v) is 8.26. The Morgan fingerprint density at radius 2 is 1.85 bits per heavy atom. The van der Waals surface area contributed by atoms with Crippen LogP contribution in [0.1, 0.15) is 20.3 Å². The SMILES string of the molecule is CC1CCN(c2ccc(S(=O)(=O)Nc3ccccc3)cc2[N+](=O)[O-])C1C. The number of hydrogen-bond acceptors (Lipinski definition) is 5. The second-order valence-electron chi connectivity index (χ2n) is 6.58. The fraction of sp³-hybridized carbons (Fsp3) is 0.333. The van der Waals surface area contributed by atoms with Crippen LogP contribution < -0.4 is 9.62 Å². The van der Waals surface area contributed by atoms with E-state index in [2.05, 4.69) is 11.6 Å². The summed E-state index contributed by atoms with van der Waals surface area (Å²) in [4.78, 5) is 12.9. The van der Waals surface area contributed by atoms with Crippen LogP contribution in [0.15, 0.2) is 53.4 Å². The van der Waals surface area contributed by atoms with E-state index in [0.29, 0.717) is 17.3 Å². The molecule has 2 aromatic rings. The van der Waals surface area contributed by atoms with Gasteiger partial charge < -0.3 is 4.90 Å². The summed E-state index contributed by atoms with van der Waals surface area (Å²) in [5.74, 6) is 0.428. The van der Waals surface area contributed by atoms with Gasteiger partial charge in [-0.1, -0.05) is 25.1 Å². The average molecular weight is 375 g/mol. The molecule has 0 amide bonds. The number of anilines is 2. The van der Waals surface area contributed by atoms with Gasteiger partial charge in [-0.15, -0.1) is 0 Å². The summed E-state index contributed by atoms with van der Waals surface area (Å²) in [5.41, 5.74) is 0.675. The first-order chi connectivity index (χ1) is 12.3. The number of sulfonamides is 1. The second kappa shape index (κ2) is 6.95. The monoisotopic (exact) mass is 375 g/mol. The van der Waals surface area contributed by atoms with Crippen LogP contribution in [0, 0.1) is 16.0 Å². The predicted octanol–water partition coefficient (Wildman–Crippen LogP) is 3.63. The normalized spacial score (nSPS) is 20.2. The molecule has 1 aliphatic rings. The minimum absolute atomic E-state index is 0.128. The fourth-order valence-electron chi connectivity index (χ4n) is 3.21. The summed E-state index contributed by atoms with van der Waals surface area (Å²) in [6.07, 6.45) is 0.952. The van der Waals surface area contributed by atoms with Crippen molar-refractivity contribution < 1.29 is 13.3 Å². The maximum Gasteiger partial charge on any atom is 0.293 e. The molecule has 2 unspecified atom stereocenters. The lowest BCUT2D eigenvalue weighted by molar-refractivity contribution is -0.384. The van der Waals surface area contributed by atoms with E-state index in [0.717, 1.165) is 19.0 Å². The Kier molecular flexibility index (Phi) is 4.86. The van der Waals surface area contributed by atoms with Crippen LogP contribution >= 0.6 is 0 Å². The molecule has 1 aliphatic heterocycles. The zero-order chi connectivity index (χ0) is 18.9. The lowest BCUT2D eigenvalue weighted by Gasteiger charge is -2.25. The number of rotatable bonds is 5. The molecule has 1 heterocycles. The van der Waals surface area contributed by atoms with Crippen LogP contribution in [0.25, 0.3) is 0 Å². The van der Waals surface area contributed by atoms with E-state index in [1.165, 1.54) is 12.1 Å². The minimum Gasteiger partial charge on any atom is -0.363 e. The molecule has 7 nitrogen and oxygen atoms in total. The molecule has 1 fully saturated rings. The first-order valence-electron chi connectivity index (χ1n) is 8.42. The molecule has 8 heteroatoms. The molecular weight excluding hydrogens is 354 g/mol. The molecule has 2 aromatic carbocycles. The molecule has 3 rings (SSSR count). The van der Waals surface area contributed by atoms with E-state index in [4.69, 9.17) is 0 Å². The van der Waals surface area contributed by atoms with Gasteiger partial charge in [-0.2, -0.15) is 0 Å². The molecule has 1 N–H and O–H groups in total. The fourth-order valence-corrected chi connectivity index (χ4v) is 4.29. The standard InChI is InChI=1S/C18H21N3O4S/c1-13-10-11-20(14(13)2)17-9-8-16(12-18(17)21(22)23)26(24,25)19-15-6-4-3-5-7-15/h3-9,12-14,19H,10-11H2,1-2H3. The molecule has 0 aromatic heterocycles. The summed E-state index contributed by atoms with van der Waals surface area (Å²) in [6, 6.07) is 12.7. The van der Waals surface area contributed by atoms with E-state index < -0.39 is 14.9 Å². The van der Waals surface area contributed by atoms with Gasteiger partial charge in [-0.3, -0.25) is 14.8 Å². The van der Waals surface area contributed by atoms with Crippen LogP contribution in [0.4, 0.5) is 17.1 Å². The first-order valence-corrected chi connectivity index (χ1v) is 9.91. The van der Waals surface area contributed by atoms with Gasteiger partial charge >= 0.3 is 0 Å². The highest BCUT2D eigenvalue weighted by Gasteiger charge is 2.32. The van der Waals surface area contributed by atoms with E-state index >= 15 is 0 Å². The largest absolute Gasteiger partial charge is 0.363 e. The summed E-state index contributed by atoms with van der Waals surface area (Å²) in [6.45, 7) is 4.86. The molecule has 1 saturated heterocycles. The predicted molar refractivity (Wildman–Crippen MR) is 101 cm³/mol. The number of nitrogens with zero attached hydrogens (tertiary/aromatic N) is 2. The van der Waals surface area contributed by atoms with Crippen molar-refractivity contribution in [2.45, 2.75) is 31.2 Å². The van der Waals surface area contributed by atoms with E-state index in [1.54, 1.807) is 30.3 Å². The van der Waals surface area contributed by atoms with Crippen LogP contribution in [0.2, 0.25) is 0 Å². The molecule has 2 atom stereocenters. The number of benzene rings is 2. The van der Waals surface area contributed by atoms with Crippen molar-refractivity contribution in [3.05, 3.63) is 58.6 Å². The molecule has 26 heavy (non-hydrogen) atoms. The Hall–Kier alpha value is -2.61. The molecule has 0 bridgehead atoms. The zero-order valence-corrected chi connectivity index (χ0v) is 15.4. The lowest BCUT2D eigenvalue weighted by atomic mass is 10.0. The lowest BCUT2D eigenvalue weighted by Crippen LogP contribution is -2.29. The number of para-hydroxylation sites is 1. The van der Waals surface area contributed by atoms with Crippen molar-refractivity contribution in [3.8, 4) is 0 Å².